The summed E-state index contributed by atoms with van der Waals surface area (Å²) in [5.41, 5.74) is 11.5. The van der Waals surface area contributed by atoms with E-state index in [9.17, 15) is 5.11 Å². The van der Waals surface area contributed by atoms with Gasteiger partial charge in [0.2, 0.25) is 0 Å². The Hall–Kier alpha value is -1.91. The SMILES string of the molecule is COc1cc(C)c(N=C(N)N)c(O)c1. The highest BCUT2D eigenvalue weighted by Gasteiger charge is 2.06. The van der Waals surface area contributed by atoms with Crippen LogP contribution in [0.2, 0.25) is 0 Å². The van der Waals surface area contributed by atoms with Gasteiger partial charge in [0.25, 0.3) is 0 Å². The largest absolute Gasteiger partial charge is 0.506 e. The van der Waals surface area contributed by atoms with E-state index >= 15 is 0 Å². The van der Waals surface area contributed by atoms with Crippen LogP contribution in [0.3, 0.4) is 0 Å². The first-order chi connectivity index (χ1) is 6.54. The lowest BCUT2D eigenvalue weighted by atomic mass is 10.2. The summed E-state index contributed by atoms with van der Waals surface area (Å²) in [6.45, 7) is 1.78. The molecule has 0 saturated carbocycles. The smallest absolute Gasteiger partial charge is 0.191 e. The summed E-state index contributed by atoms with van der Waals surface area (Å²) >= 11 is 0. The molecule has 0 aliphatic rings. The standard InChI is InChI=1S/C9H13N3O2/c1-5-3-6(14-2)4-7(13)8(5)12-9(10)11/h3-4,13H,1-2H3,(H4,10,11,12). The third kappa shape index (κ3) is 2.07. The van der Waals surface area contributed by atoms with Gasteiger partial charge in [0.05, 0.1) is 7.11 Å². The fraction of sp³-hybridized carbons (Fsp3) is 0.222. The maximum Gasteiger partial charge on any atom is 0.191 e. The molecule has 14 heavy (non-hydrogen) atoms. The Morgan fingerprint density at radius 3 is 2.50 bits per heavy atom. The minimum atomic E-state index is -0.0893. The number of ether oxygens (including phenoxy) is 1. The Morgan fingerprint density at radius 2 is 2.07 bits per heavy atom. The number of phenolic OH excluding ortho intramolecular Hbond substituents is 1. The second-order valence-corrected chi connectivity index (χ2v) is 2.85. The Balaban J connectivity index is 3.25. The molecule has 1 aromatic carbocycles. The van der Waals surface area contributed by atoms with E-state index in [0.29, 0.717) is 11.4 Å². The van der Waals surface area contributed by atoms with Gasteiger partial charge >= 0.3 is 0 Å². The van der Waals surface area contributed by atoms with Gasteiger partial charge in [-0.05, 0) is 18.6 Å². The fourth-order valence-corrected chi connectivity index (χ4v) is 1.12. The number of rotatable bonds is 2. The number of guanidine groups is 1. The summed E-state index contributed by atoms with van der Waals surface area (Å²) < 4.78 is 4.96. The molecule has 0 fully saturated rings. The lowest BCUT2D eigenvalue weighted by Gasteiger charge is -2.06. The Bertz CT molecular complexity index is 347. The molecule has 0 radical (unpaired) electrons. The highest BCUT2D eigenvalue weighted by atomic mass is 16.5. The van der Waals surface area contributed by atoms with E-state index in [1.54, 1.807) is 13.0 Å². The first-order valence-electron chi connectivity index (χ1n) is 4.02. The van der Waals surface area contributed by atoms with Crippen molar-refractivity contribution >= 4 is 11.6 Å². The molecule has 0 bridgehead atoms. The second-order valence-electron chi connectivity index (χ2n) is 2.85. The number of phenols is 1. The van der Waals surface area contributed by atoms with Crippen LogP contribution in [0.4, 0.5) is 5.69 Å². The number of hydrogen-bond acceptors (Lipinski definition) is 3. The van der Waals surface area contributed by atoms with Crippen molar-refractivity contribution in [2.24, 2.45) is 16.5 Å². The molecule has 0 heterocycles. The quantitative estimate of drug-likeness (QED) is 0.476. The molecule has 76 valence electrons. The number of hydrogen-bond donors (Lipinski definition) is 3. The van der Waals surface area contributed by atoms with Crippen LogP contribution in [0.15, 0.2) is 17.1 Å². The highest BCUT2D eigenvalue weighted by Crippen LogP contribution is 2.34. The number of nitrogens with zero attached hydrogens (tertiary/aromatic N) is 1. The van der Waals surface area contributed by atoms with Gasteiger partial charge in [-0.3, -0.25) is 0 Å². The molecule has 0 amide bonds. The van der Waals surface area contributed by atoms with Gasteiger partial charge in [0.1, 0.15) is 17.2 Å². The zero-order valence-electron chi connectivity index (χ0n) is 8.11. The third-order valence-corrected chi connectivity index (χ3v) is 1.73. The average Bonchev–Trinajstić information content (AvgIpc) is 2.10. The van der Waals surface area contributed by atoms with Crippen molar-refractivity contribution in [1.29, 1.82) is 0 Å². The van der Waals surface area contributed by atoms with Gasteiger partial charge in [0, 0.05) is 6.07 Å². The molecule has 0 saturated heterocycles. The summed E-state index contributed by atoms with van der Waals surface area (Å²) in [7, 11) is 1.52. The maximum absolute atomic E-state index is 9.55. The van der Waals surface area contributed by atoms with Gasteiger partial charge in [-0.25, -0.2) is 4.99 Å². The summed E-state index contributed by atoms with van der Waals surface area (Å²) in [4.78, 5) is 3.80. The van der Waals surface area contributed by atoms with Crippen LogP contribution in [-0.2, 0) is 0 Å². The molecule has 0 atom stereocenters. The topological polar surface area (TPSA) is 93.9 Å². The van der Waals surface area contributed by atoms with Crippen LogP contribution >= 0.6 is 0 Å². The van der Waals surface area contributed by atoms with E-state index in [1.165, 1.54) is 13.2 Å². The third-order valence-electron chi connectivity index (χ3n) is 1.73. The monoisotopic (exact) mass is 195 g/mol. The van der Waals surface area contributed by atoms with Gasteiger partial charge in [-0.1, -0.05) is 0 Å². The van der Waals surface area contributed by atoms with Crippen LogP contribution in [0, 0.1) is 6.92 Å². The van der Waals surface area contributed by atoms with Crippen LogP contribution in [0.5, 0.6) is 11.5 Å². The van der Waals surface area contributed by atoms with Gasteiger partial charge in [-0.15, -0.1) is 0 Å². The average molecular weight is 195 g/mol. The first-order valence-corrected chi connectivity index (χ1v) is 4.02. The fourth-order valence-electron chi connectivity index (χ4n) is 1.12. The molecule has 0 aromatic heterocycles. The highest BCUT2D eigenvalue weighted by molar-refractivity contribution is 5.81. The van der Waals surface area contributed by atoms with Crippen LogP contribution in [0.1, 0.15) is 5.56 Å². The summed E-state index contributed by atoms with van der Waals surface area (Å²) in [5, 5.41) is 9.55. The van der Waals surface area contributed by atoms with Crippen LogP contribution in [-0.4, -0.2) is 18.2 Å². The predicted octanol–water partition coefficient (Wildman–Crippen LogP) is 0.614. The van der Waals surface area contributed by atoms with Crippen molar-refractivity contribution in [3.63, 3.8) is 0 Å². The lowest BCUT2D eigenvalue weighted by molar-refractivity contribution is 0.407. The number of aromatic hydroxyl groups is 1. The molecule has 0 spiro atoms. The second kappa shape index (κ2) is 3.87. The van der Waals surface area contributed by atoms with Crippen molar-refractivity contribution in [1.82, 2.24) is 0 Å². The van der Waals surface area contributed by atoms with Gasteiger partial charge in [0.15, 0.2) is 5.96 Å². The summed E-state index contributed by atoms with van der Waals surface area (Å²) in [5.74, 6) is 0.471. The number of aryl methyl sites for hydroxylation is 1. The minimum Gasteiger partial charge on any atom is -0.506 e. The minimum absolute atomic E-state index is 0.00440. The van der Waals surface area contributed by atoms with Crippen molar-refractivity contribution < 1.29 is 9.84 Å². The van der Waals surface area contributed by atoms with Gasteiger partial charge in [-0.2, -0.15) is 0 Å². The Morgan fingerprint density at radius 1 is 1.43 bits per heavy atom. The van der Waals surface area contributed by atoms with E-state index < -0.39 is 0 Å². The van der Waals surface area contributed by atoms with E-state index in [-0.39, 0.29) is 11.7 Å². The maximum atomic E-state index is 9.55. The molecule has 0 unspecified atom stereocenters. The molecule has 5 nitrogen and oxygen atoms in total. The summed E-state index contributed by atoms with van der Waals surface area (Å²) in [6.07, 6.45) is 0. The normalized spacial score (nSPS) is 9.57. The Kier molecular flexibility index (Phi) is 2.81. The first kappa shape index (κ1) is 10.2. The van der Waals surface area contributed by atoms with E-state index in [2.05, 4.69) is 4.99 Å². The van der Waals surface area contributed by atoms with Crippen molar-refractivity contribution in [2.45, 2.75) is 6.92 Å². The zero-order valence-corrected chi connectivity index (χ0v) is 8.11. The molecule has 1 rings (SSSR count). The molecule has 5 heteroatoms. The molecule has 0 aliphatic heterocycles. The number of benzene rings is 1. The number of aliphatic imine (C=N–C) groups is 1. The number of nitrogens with two attached hydrogens (primary N) is 2. The molecular weight excluding hydrogens is 182 g/mol. The lowest BCUT2D eigenvalue weighted by Crippen LogP contribution is -2.22. The molecule has 5 N–H and O–H groups in total. The van der Waals surface area contributed by atoms with Crippen molar-refractivity contribution in [3.05, 3.63) is 17.7 Å². The predicted molar refractivity (Wildman–Crippen MR) is 54.9 cm³/mol. The number of methoxy groups -OCH3 is 1. The summed E-state index contributed by atoms with van der Waals surface area (Å²) in [6, 6.07) is 3.19. The van der Waals surface area contributed by atoms with E-state index in [4.69, 9.17) is 16.2 Å². The van der Waals surface area contributed by atoms with Crippen LogP contribution < -0.4 is 16.2 Å². The van der Waals surface area contributed by atoms with E-state index in [1.807, 2.05) is 0 Å². The van der Waals surface area contributed by atoms with E-state index in [0.717, 1.165) is 5.56 Å². The molecular formula is C9H13N3O2. The zero-order chi connectivity index (χ0) is 10.7. The Labute approximate surface area is 82.0 Å². The van der Waals surface area contributed by atoms with Crippen molar-refractivity contribution in [2.75, 3.05) is 7.11 Å². The molecule has 0 aliphatic carbocycles. The van der Waals surface area contributed by atoms with Crippen LogP contribution in [0.25, 0.3) is 0 Å². The van der Waals surface area contributed by atoms with Gasteiger partial charge < -0.3 is 21.3 Å². The molecule has 1 aromatic rings. The van der Waals surface area contributed by atoms with Crippen molar-refractivity contribution in [3.8, 4) is 11.5 Å².